The summed E-state index contributed by atoms with van der Waals surface area (Å²) in [6.07, 6.45) is 4.49. The summed E-state index contributed by atoms with van der Waals surface area (Å²) in [6.45, 7) is 4.27. The summed E-state index contributed by atoms with van der Waals surface area (Å²) < 4.78 is 5.27. The summed E-state index contributed by atoms with van der Waals surface area (Å²) in [4.78, 5) is 11.1. The summed E-state index contributed by atoms with van der Waals surface area (Å²) in [7, 11) is 0. The molecular formula is C14H20O4. The molecule has 1 saturated carbocycles. The average molecular weight is 252 g/mol. The number of furan rings is 1. The smallest absolute Gasteiger partial charge is 0.339 e. The molecule has 2 atom stereocenters. The minimum absolute atomic E-state index is 0.0851. The highest BCUT2D eigenvalue weighted by Crippen LogP contribution is 2.43. The van der Waals surface area contributed by atoms with E-state index in [0.29, 0.717) is 24.7 Å². The zero-order valence-electron chi connectivity index (χ0n) is 10.8. The van der Waals surface area contributed by atoms with Crippen molar-refractivity contribution >= 4 is 5.97 Å². The number of aromatic carboxylic acids is 1. The van der Waals surface area contributed by atoms with Gasteiger partial charge < -0.3 is 14.6 Å². The van der Waals surface area contributed by atoms with Crippen molar-refractivity contribution in [1.82, 2.24) is 0 Å². The average Bonchev–Trinajstić information content (AvgIpc) is 2.78. The van der Waals surface area contributed by atoms with Gasteiger partial charge in [-0.25, -0.2) is 4.79 Å². The molecule has 0 spiro atoms. The molecule has 4 nitrogen and oxygen atoms in total. The van der Waals surface area contributed by atoms with E-state index in [0.717, 1.165) is 12.8 Å². The molecule has 2 N–H and O–H groups in total. The van der Waals surface area contributed by atoms with Crippen molar-refractivity contribution in [1.29, 1.82) is 0 Å². The highest BCUT2D eigenvalue weighted by atomic mass is 16.4. The van der Waals surface area contributed by atoms with Gasteiger partial charge in [-0.05, 0) is 43.6 Å². The van der Waals surface area contributed by atoms with Crippen molar-refractivity contribution in [3.05, 3.63) is 23.7 Å². The topological polar surface area (TPSA) is 70.7 Å². The first-order valence-corrected chi connectivity index (χ1v) is 6.47. The fraction of sp³-hybridized carbons (Fsp3) is 0.643. The van der Waals surface area contributed by atoms with Gasteiger partial charge in [-0.3, -0.25) is 0 Å². The molecule has 18 heavy (non-hydrogen) atoms. The number of carboxylic acid groups (broad SMARTS) is 1. The maximum Gasteiger partial charge on any atom is 0.339 e. The molecule has 1 fully saturated rings. The fourth-order valence-corrected chi connectivity index (χ4v) is 2.91. The van der Waals surface area contributed by atoms with Crippen LogP contribution in [0.15, 0.2) is 16.7 Å². The number of carboxylic acids is 1. The van der Waals surface area contributed by atoms with Crippen LogP contribution in [0.25, 0.3) is 0 Å². The van der Waals surface area contributed by atoms with E-state index in [-0.39, 0.29) is 11.3 Å². The third-order valence-electron chi connectivity index (χ3n) is 4.03. The Bertz CT molecular complexity index is 435. The quantitative estimate of drug-likeness (QED) is 0.867. The van der Waals surface area contributed by atoms with Crippen LogP contribution in [0.3, 0.4) is 0 Å². The molecule has 0 bridgehead atoms. The van der Waals surface area contributed by atoms with Crippen LogP contribution in [0.4, 0.5) is 0 Å². The normalized spacial score (nSPS) is 28.6. The first-order chi connectivity index (χ1) is 8.44. The second-order valence-electron chi connectivity index (χ2n) is 5.60. The van der Waals surface area contributed by atoms with E-state index >= 15 is 0 Å². The van der Waals surface area contributed by atoms with Crippen LogP contribution in [0, 0.1) is 11.8 Å². The molecule has 1 aromatic heterocycles. The van der Waals surface area contributed by atoms with Crippen molar-refractivity contribution in [3.63, 3.8) is 0 Å². The van der Waals surface area contributed by atoms with Gasteiger partial charge in [0.1, 0.15) is 16.9 Å². The Balaban J connectivity index is 2.30. The second-order valence-corrected chi connectivity index (χ2v) is 5.60. The Morgan fingerprint density at radius 3 is 2.89 bits per heavy atom. The van der Waals surface area contributed by atoms with Crippen LogP contribution in [0.2, 0.25) is 0 Å². The summed E-state index contributed by atoms with van der Waals surface area (Å²) in [6, 6.07) is 1.41. The van der Waals surface area contributed by atoms with Crippen LogP contribution in [-0.2, 0) is 5.60 Å². The molecular weight excluding hydrogens is 232 g/mol. The Labute approximate surface area is 107 Å². The lowest BCUT2D eigenvalue weighted by Crippen LogP contribution is -2.35. The van der Waals surface area contributed by atoms with Gasteiger partial charge in [0.05, 0.1) is 6.26 Å². The van der Waals surface area contributed by atoms with Gasteiger partial charge in [-0.1, -0.05) is 13.8 Å². The molecule has 100 valence electrons. The summed E-state index contributed by atoms with van der Waals surface area (Å²) in [5.74, 6) is 0.0785. The Morgan fingerprint density at radius 1 is 1.56 bits per heavy atom. The summed E-state index contributed by atoms with van der Waals surface area (Å²) in [5.41, 5.74) is -1.04. The van der Waals surface area contributed by atoms with Gasteiger partial charge in [0.25, 0.3) is 0 Å². The van der Waals surface area contributed by atoms with Crippen LogP contribution in [0.1, 0.15) is 55.6 Å². The van der Waals surface area contributed by atoms with Gasteiger partial charge in [0.2, 0.25) is 0 Å². The zero-order chi connectivity index (χ0) is 13.3. The maximum absolute atomic E-state index is 11.1. The molecule has 1 aliphatic carbocycles. The predicted molar refractivity (Wildman–Crippen MR) is 66.4 cm³/mol. The molecule has 0 saturated heterocycles. The van der Waals surface area contributed by atoms with Gasteiger partial charge in [-0.2, -0.15) is 0 Å². The van der Waals surface area contributed by atoms with E-state index < -0.39 is 11.6 Å². The third kappa shape index (κ3) is 2.29. The SMILES string of the molecule is CC(C)C1CCCC(O)(c2occc2C(=O)O)C1. The Hall–Kier alpha value is -1.29. The van der Waals surface area contributed by atoms with E-state index in [1.165, 1.54) is 12.3 Å². The van der Waals surface area contributed by atoms with Crippen molar-refractivity contribution in [3.8, 4) is 0 Å². The molecule has 1 aromatic rings. The van der Waals surface area contributed by atoms with E-state index in [1.54, 1.807) is 0 Å². The molecule has 1 aliphatic rings. The fourth-order valence-electron chi connectivity index (χ4n) is 2.91. The maximum atomic E-state index is 11.1. The van der Waals surface area contributed by atoms with Crippen molar-refractivity contribution in [2.75, 3.05) is 0 Å². The molecule has 4 heteroatoms. The number of hydrogen-bond acceptors (Lipinski definition) is 3. The van der Waals surface area contributed by atoms with E-state index in [9.17, 15) is 9.90 Å². The van der Waals surface area contributed by atoms with Crippen molar-refractivity contribution < 1.29 is 19.4 Å². The first-order valence-electron chi connectivity index (χ1n) is 6.47. The summed E-state index contributed by atoms with van der Waals surface area (Å²) >= 11 is 0. The van der Waals surface area contributed by atoms with Gasteiger partial charge >= 0.3 is 5.97 Å². The minimum Gasteiger partial charge on any atom is -0.478 e. The van der Waals surface area contributed by atoms with E-state index in [1.807, 2.05) is 0 Å². The minimum atomic E-state index is -1.12. The van der Waals surface area contributed by atoms with Crippen molar-refractivity contribution in [2.45, 2.75) is 45.1 Å². The lowest BCUT2D eigenvalue weighted by molar-refractivity contribution is -0.0469. The lowest BCUT2D eigenvalue weighted by atomic mass is 9.72. The van der Waals surface area contributed by atoms with Crippen molar-refractivity contribution in [2.24, 2.45) is 11.8 Å². The molecule has 0 radical (unpaired) electrons. The van der Waals surface area contributed by atoms with Gasteiger partial charge in [0, 0.05) is 0 Å². The Kier molecular flexibility index (Phi) is 3.48. The third-order valence-corrected chi connectivity index (χ3v) is 4.03. The number of carbonyl (C=O) groups is 1. The molecule has 0 amide bonds. The lowest BCUT2D eigenvalue weighted by Gasteiger charge is -2.37. The Morgan fingerprint density at radius 2 is 2.28 bits per heavy atom. The number of hydrogen-bond donors (Lipinski definition) is 2. The van der Waals surface area contributed by atoms with Gasteiger partial charge in [-0.15, -0.1) is 0 Å². The monoisotopic (exact) mass is 252 g/mol. The second kappa shape index (κ2) is 4.76. The van der Waals surface area contributed by atoms with Crippen LogP contribution >= 0.6 is 0 Å². The molecule has 0 aliphatic heterocycles. The zero-order valence-corrected chi connectivity index (χ0v) is 10.8. The van der Waals surface area contributed by atoms with Crippen LogP contribution in [-0.4, -0.2) is 16.2 Å². The highest BCUT2D eigenvalue weighted by molar-refractivity contribution is 5.89. The van der Waals surface area contributed by atoms with Gasteiger partial charge in [0.15, 0.2) is 0 Å². The van der Waals surface area contributed by atoms with Crippen LogP contribution < -0.4 is 0 Å². The van der Waals surface area contributed by atoms with Crippen LogP contribution in [0.5, 0.6) is 0 Å². The first kappa shape index (κ1) is 13.1. The predicted octanol–water partition coefficient (Wildman–Crippen LogP) is 3.01. The molecule has 2 unspecified atom stereocenters. The highest BCUT2D eigenvalue weighted by Gasteiger charge is 2.41. The van der Waals surface area contributed by atoms with E-state index in [4.69, 9.17) is 9.52 Å². The summed E-state index contributed by atoms with van der Waals surface area (Å²) in [5, 5.41) is 19.8. The number of rotatable bonds is 3. The van der Waals surface area contributed by atoms with E-state index in [2.05, 4.69) is 13.8 Å². The standard InChI is InChI=1S/C14H20O4/c1-9(2)10-4-3-6-14(17,8-10)12-11(13(15)16)5-7-18-12/h5,7,9-10,17H,3-4,6,8H2,1-2H3,(H,15,16). The molecule has 0 aromatic carbocycles. The largest absolute Gasteiger partial charge is 0.478 e. The molecule has 2 rings (SSSR count). The molecule has 1 heterocycles. The number of aliphatic hydroxyl groups is 1.